The Morgan fingerprint density at radius 2 is 1.98 bits per heavy atom. The number of benzene rings is 1. The van der Waals surface area contributed by atoms with Gasteiger partial charge in [0.15, 0.2) is 4.34 Å². The number of aliphatic hydroxyl groups is 1. The number of rotatable bonds is 8. The standard InChI is InChI=1S/C32H42N4O4S2/c1-6-30(4)16-20(31(5)18(2)11-13-32(19(3)26(30)39)14-12-24(38)25(31)32)15-21(37)17-41-29-36-35-28(42-29)34-27(40)22-9-7-8-10-23(22)33/h6-10,18-20,25-26,39H,1,11-17,33H2,2-5H3,(H,34,35,40)/t18-,19+,20-,25+,26+,30-,31+,32+/m1/s1. The van der Waals surface area contributed by atoms with Gasteiger partial charge >= 0.3 is 0 Å². The van der Waals surface area contributed by atoms with E-state index >= 15 is 0 Å². The van der Waals surface area contributed by atoms with Crippen molar-refractivity contribution in [1.82, 2.24) is 10.2 Å². The summed E-state index contributed by atoms with van der Waals surface area (Å²) in [6.07, 6.45) is 5.48. The fourth-order valence-corrected chi connectivity index (χ4v) is 10.2. The topological polar surface area (TPSA) is 135 Å². The van der Waals surface area contributed by atoms with E-state index in [-0.39, 0.29) is 51.9 Å². The van der Waals surface area contributed by atoms with Gasteiger partial charge in [-0.25, -0.2) is 0 Å². The number of hydrogen-bond acceptors (Lipinski definition) is 9. The van der Waals surface area contributed by atoms with Gasteiger partial charge in [0.05, 0.1) is 17.4 Å². The molecule has 3 aliphatic carbocycles. The van der Waals surface area contributed by atoms with E-state index in [2.05, 4.69) is 49.8 Å². The summed E-state index contributed by atoms with van der Waals surface area (Å²) in [5, 5.41) is 23.0. The van der Waals surface area contributed by atoms with E-state index in [1.54, 1.807) is 24.3 Å². The van der Waals surface area contributed by atoms with Gasteiger partial charge in [0.2, 0.25) is 5.13 Å². The number of ketones is 2. The third-order valence-corrected chi connectivity index (χ3v) is 13.2. The van der Waals surface area contributed by atoms with Gasteiger partial charge < -0.3 is 10.8 Å². The Kier molecular flexibility index (Phi) is 8.46. The van der Waals surface area contributed by atoms with Crippen LogP contribution in [0.25, 0.3) is 0 Å². The molecule has 3 saturated carbocycles. The largest absolute Gasteiger partial charge is 0.398 e. The molecule has 4 N–H and O–H groups in total. The molecule has 8 nitrogen and oxygen atoms in total. The van der Waals surface area contributed by atoms with Crippen molar-refractivity contribution in [2.24, 2.45) is 39.9 Å². The van der Waals surface area contributed by atoms with Crippen LogP contribution in [-0.4, -0.2) is 44.6 Å². The molecule has 3 fully saturated rings. The highest BCUT2D eigenvalue weighted by Crippen LogP contribution is 2.69. The van der Waals surface area contributed by atoms with Crippen LogP contribution in [0.5, 0.6) is 0 Å². The van der Waals surface area contributed by atoms with Gasteiger partial charge in [-0.05, 0) is 66.4 Å². The Morgan fingerprint density at radius 3 is 2.69 bits per heavy atom. The first kappa shape index (κ1) is 30.9. The molecule has 226 valence electrons. The van der Waals surface area contributed by atoms with Crippen molar-refractivity contribution >= 4 is 51.4 Å². The fraction of sp³-hybridized carbons (Fsp3) is 0.594. The zero-order chi connectivity index (χ0) is 30.4. The number of carbonyl (C=O) groups excluding carboxylic acids is 3. The zero-order valence-corrected chi connectivity index (χ0v) is 26.5. The molecule has 0 unspecified atom stereocenters. The highest BCUT2D eigenvalue weighted by atomic mass is 32.2. The number of aromatic nitrogens is 2. The van der Waals surface area contributed by atoms with Crippen LogP contribution >= 0.6 is 23.1 Å². The average Bonchev–Trinajstić information content (AvgIpc) is 3.57. The van der Waals surface area contributed by atoms with Crippen LogP contribution in [0.4, 0.5) is 10.8 Å². The third-order valence-electron chi connectivity index (χ3n) is 11.2. The van der Waals surface area contributed by atoms with Crippen LogP contribution in [0.3, 0.4) is 0 Å². The van der Waals surface area contributed by atoms with Crippen molar-refractivity contribution in [3.05, 3.63) is 42.5 Å². The lowest BCUT2D eigenvalue weighted by Gasteiger charge is -2.62. The number of hydrogen-bond donors (Lipinski definition) is 3. The van der Waals surface area contributed by atoms with Crippen molar-refractivity contribution in [2.75, 3.05) is 16.8 Å². The molecule has 0 spiro atoms. The van der Waals surface area contributed by atoms with Crippen molar-refractivity contribution in [3.8, 4) is 0 Å². The van der Waals surface area contributed by atoms with Crippen molar-refractivity contribution < 1.29 is 19.5 Å². The number of amides is 1. The van der Waals surface area contributed by atoms with Crippen LogP contribution in [0.2, 0.25) is 0 Å². The van der Waals surface area contributed by atoms with E-state index in [0.29, 0.717) is 45.8 Å². The van der Waals surface area contributed by atoms with Gasteiger partial charge in [-0.3, -0.25) is 19.7 Å². The number of para-hydroxylation sites is 1. The molecule has 1 aromatic carbocycles. The minimum absolute atomic E-state index is 0.0265. The van der Waals surface area contributed by atoms with Crippen molar-refractivity contribution in [3.63, 3.8) is 0 Å². The van der Waals surface area contributed by atoms with Crippen molar-refractivity contribution in [1.29, 1.82) is 0 Å². The first-order valence-corrected chi connectivity index (χ1v) is 16.6. The summed E-state index contributed by atoms with van der Waals surface area (Å²) in [6.45, 7) is 12.8. The maximum absolute atomic E-state index is 13.6. The van der Waals surface area contributed by atoms with Gasteiger partial charge in [-0.1, -0.05) is 69.0 Å². The van der Waals surface area contributed by atoms with Crippen LogP contribution in [-0.2, 0) is 9.59 Å². The number of anilines is 2. The summed E-state index contributed by atoms with van der Waals surface area (Å²) in [6, 6.07) is 6.80. The van der Waals surface area contributed by atoms with Crippen LogP contribution < -0.4 is 11.1 Å². The Labute approximate surface area is 256 Å². The van der Waals surface area contributed by atoms with E-state index in [4.69, 9.17) is 5.73 Å². The predicted octanol–water partition coefficient (Wildman–Crippen LogP) is 6.03. The first-order valence-electron chi connectivity index (χ1n) is 14.8. The molecular formula is C32H42N4O4S2. The first-order chi connectivity index (χ1) is 19.9. The third kappa shape index (κ3) is 5.13. The van der Waals surface area contributed by atoms with Gasteiger partial charge in [0, 0.05) is 29.9 Å². The summed E-state index contributed by atoms with van der Waals surface area (Å²) < 4.78 is 0.583. The Balaban J connectivity index is 1.33. The maximum Gasteiger partial charge on any atom is 0.259 e. The lowest BCUT2D eigenvalue weighted by molar-refractivity contribution is -0.177. The minimum atomic E-state index is -0.630. The van der Waals surface area contributed by atoms with Gasteiger partial charge in [-0.2, -0.15) is 0 Å². The Bertz CT molecular complexity index is 1400. The number of aliphatic hydroxyl groups excluding tert-OH is 1. The summed E-state index contributed by atoms with van der Waals surface area (Å²) in [5.74, 6) is 0.265. The molecular weight excluding hydrogens is 569 g/mol. The molecule has 3 aliphatic rings. The lowest BCUT2D eigenvalue weighted by atomic mass is 9.41. The Morgan fingerprint density at radius 1 is 1.24 bits per heavy atom. The van der Waals surface area contributed by atoms with E-state index < -0.39 is 11.5 Å². The minimum Gasteiger partial charge on any atom is -0.398 e. The highest BCUT2D eigenvalue weighted by molar-refractivity contribution is 8.01. The molecule has 2 bridgehead atoms. The van der Waals surface area contributed by atoms with E-state index in [1.807, 2.05) is 6.08 Å². The predicted molar refractivity (Wildman–Crippen MR) is 167 cm³/mol. The average molecular weight is 611 g/mol. The van der Waals surface area contributed by atoms with E-state index in [9.17, 15) is 19.5 Å². The smallest absolute Gasteiger partial charge is 0.259 e. The fourth-order valence-electron chi connectivity index (χ4n) is 8.55. The van der Waals surface area contributed by atoms with Crippen LogP contribution in [0.15, 0.2) is 41.3 Å². The number of nitrogens with two attached hydrogens (primary N) is 1. The van der Waals surface area contributed by atoms with E-state index in [0.717, 1.165) is 19.3 Å². The molecule has 0 radical (unpaired) electrons. The summed E-state index contributed by atoms with van der Waals surface area (Å²) >= 11 is 2.52. The number of nitrogens with zero attached hydrogens (tertiary/aromatic N) is 2. The quantitative estimate of drug-likeness (QED) is 0.143. The molecule has 5 rings (SSSR count). The molecule has 42 heavy (non-hydrogen) atoms. The summed E-state index contributed by atoms with van der Waals surface area (Å²) in [5.41, 5.74) is 5.50. The number of carbonyl (C=O) groups is 3. The normalized spacial score (nSPS) is 36.0. The molecule has 1 heterocycles. The van der Waals surface area contributed by atoms with Gasteiger partial charge in [-0.15, -0.1) is 16.8 Å². The lowest BCUT2D eigenvalue weighted by Crippen LogP contribution is -2.61. The van der Waals surface area contributed by atoms with E-state index in [1.165, 1.54) is 23.1 Å². The number of nitrogen functional groups attached to an aromatic ring is 1. The number of thioether (sulfide) groups is 1. The SMILES string of the molecule is C=C[C@]1(C)C[C@@H](CC(=O)CSc2nnc(NC(=O)c3ccccc3N)s2)[C@]2(C)[C@H](C)CC[C@]3(CCC(=O)[C@H]32)[C@@H](C)[C@@H]1O. The monoisotopic (exact) mass is 610 g/mol. The molecule has 8 atom stereocenters. The molecule has 10 heteroatoms. The molecule has 1 amide bonds. The van der Waals surface area contributed by atoms with Gasteiger partial charge in [0.25, 0.3) is 5.91 Å². The number of Topliss-reactive ketones (excluding diaryl/α,β-unsaturated/α-hetero) is 2. The van der Waals surface area contributed by atoms with Crippen molar-refractivity contribution in [2.45, 2.75) is 76.7 Å². The van der Waals surface area contributed by atoms with Crippen LogP contribution in [0.1, 0.15) is 76.6 Å². The molecule has 0 aliphatic heterocycles. The molecule has 1 aromatic heterocycles. The number of nitrogens with one attached hydrogen (secondary N) is 1. The second-order valence-corrected chi connectivity index (χ2v) is 15.4. The molecule has 0 saturated heterocycles. The molecule has 2 aromatic rings. The second kappa shape index (κ2) is 11.5. The summed E-state index contributed by atoms with van der Waals surface area (Å²) in [7, 11) is 0. The second-order valence-electron chi connectivity index (χ2n) is 13.2. The highest BCUT2D eigenvalue weighted by Gasteiger charge is 2.67. The zero-order valence-electron chi connectivity index (χ0n) is 24.9. The Hall–Kier alpha value is -2.56. The summed E-state index contributed by atoms with van der Waals surface area (Å²) in [4.78, 5) is 39.8. The maximum atomic E-state index is 13.6. The van der Waals surface area contributed by atoms with Crippen LogP contribution in [0, 0.1) is 39.9 Å². The van der Waals surface area contributed by atoms with Gasteiger partial charge in [0.1, 0.15) is 11.6 Å².